The molecule has 0 heterocycles. The van der Waals surface area contributed by atoms with Gasteiger partial charge in [0.05, 0.1) is 6.61 Å². The molecule has 1 saturated carbocycles. The van der Waals surface area contributed by atoms with E-state index >= 15 is 0 Å². The van der Waals surface area contributed by atoms with E-state index in [0.29, 0.717) is 30.9 Å². The van der Waals surface area contributed by atoms with Gasteiger partial charge in [0.25, 0.3) is 0 Å². The molecule has 2 atom stereocenters. The van der Waals surface area contributed by atoms with E-state index in [1.54, 1.807) is 13.0 Å². The molecular formula is C25H32F2O. The molecule has 1 aliphatic carbocycles. The number of ether oxygens (including phenoxy) is 1. The lowest BCUT2D eigenvalue weighted by Gasteiger charge is -2.13. The third-order valence-corrected chi connectivity index (χ3v) is 6.07. The Labute approximate surface area is 168 Å². The highest BCUT2D eigenvalue weighted by Gasteiger charge is 2.25. The van der Waals surface area contributed by atoms with E-state index in [0.717, 1.165) is 11.5 Å². The summed E-state index contributed by atoms with van der Waals surface area (Å²) in [5.74, 6) is -0.0992. The Morgan fingerprint density at radius 3 is 2.43 bits per heavy atom. The number of unbranched alkanes of at least 4 members (excludes halogenated alkanes) is 1. The zero-order valence-electron chi connectivity index (χ0n) is 17.1. The predicted octanol–water partition coefficient (Wildman–Crippen LogP) is 7.22. The van der Waals surface area contributed by atoms with Crippen molar-refractivity contribution in [3.05, 3.63) is 64.7 Å². The van der Waals surface area contributed by atoms with Gasteiger partial charge in [-0.2, -0.15) is 4.39 Å². The maximum absolute atomic E-state index is 14.2. The standard InChI is InChI=1S/C25H32F2O/c1-3-5-6-19-10-14-22(17-19)20-11-7-18(8-12-20)9-13-21-15-16-23(28-4-2)25(27)24(21)26/h7-8,11-12,15-16,19,22H,3-6,9-10,13-14,17H2,1-2H3. The molecule has 0 bridgehead atoms. The Morgan fingerprint density at radius 2 is 1.71 bits per heavy atom. The Balaban J connectivity index is 1.56. The van der Waals surface area contributed by atoms with E-state index in [2.05, 4.69) is 31.2 Å². The van der Waals surface area contributed by atoms with Gasteiger partial charge in [-0.1, -0.05) is 56.5 Å². The Kier molecular flexibility index (Phi) is 7.47. The van der Waals surface area contributed by atoms with E-state index < -0.39 is 11.6 Å². The van der Waals surface area contributed by atoms with Gasteiger partial charge < -0.3 is 4.74 Å². The molecule has 1 aliphatic rings. The van der Waals surface area contributed by atoms with Gasteiger partial charge in [0, 0.05) is 0 Å². The van der Waals surface area contributed by atoms with Gasteiger partial charge in [0.1, 0.15) is 0 Å². The van der Waals surface area contributed by atoms with Crippen molar-refractivity contribution in [2.45, 2.75) is 71.1 Å². The third-order valence-electron chi connectivity index (χ3n) is 6.07. The fraction of sp³-hybridized carbons (Fsp3) is 0.520. The predicted molar refractivity (Wildman–Crippen MR) is 111 cm³/mol. The van der Waals surface area contributed by atoms with Crippen molar-refractivity contribution in [1.29, 1.82) is 0 Å². The molecule has 0 aliphatic heterocycles. The summed E-state index contributed by atoms with van der Waals surface area (Å²) in [6.07, 6.45) is 9.16. The largest absolute Gasteiger partial charge is 0.491 e. The van der Waals surface area contributed by atoms with Gasteiger partial charge >= 0.3 is 0 Å². The summed E-state index contributed by atoms with van der Waals surface area (Å²) < 4.78 is 33.3. The number of hydrogen-bond acceptors (Lipinski definition) is 1. The number of rotatable bonds is 9. The summed E-state index contributed by atoms with van der Waals surface area (Å²) in [6.45, 7) is 4.34. The second-order valence-corrected chi connectivity index (χ2v) is 8.04. The van der Waals surface area contributed by atoms with Gasteiger partial charge in [0.2, 0.25) is 5.82 Å². The molecule has 3 rings (SSSR count). The number of halogens is 2. The van der Waals surface area contributed by atoms with E-state index in [1.807, 2.05) is 0 Å². The topological polar surface area (TPSA) is 9.23 Å². The number of benzene rings is 2. The monoisotopic (exact) mass is 386 g/mol. The highest BCUT2D eigenvalue weighted by molar-refractivity contribution is 5.32. The highest BCUT2D eigenvalue weighted by Crippen LogP contribution is 2.40. The third kappa shape index (κ3) is 5.12. The molecule has 0 N–H and O–H groups in total. The number of hydrogen-bond donors (Lipinski definition) is 0. The summed E-state index contributed by atoms with van der Waals surface area (Å²) >= 11 is 0. The van der Waals surface area contributed by atoms with Crippen LogP contribution in [0.3, 0.4) is 0 Å². The van der Waals surface area contributed by atoms with Crippen LogP contribution in [0.15, 0.2) is 36.4 Å². The minimum atomic E-state index is -0.881. The average molecular weight is 387 g/mol. The Bertz CT molecular complexity index is 754. The first-order chi connectivity index (χ1) is 13.6. The molecule has 2 aromatic rings. The molecule has 0 saturated heterocycles. The van der Waals surface area contributed by atoms with Crippen LogP contribution in [-0.2, 0) is 12.8 Å². The molecule has 152 valence electrons. The van der Waals surface area contributed by atoms with Crippen molar-refractivity contribution in [2.75, 3.05) is 6.61 Å². The molecule has 0 amide bonds. The fourth-order valence-electron chi connectivity index (χ4n) is 4.40. The SMILES string of the molecule is CCCCC1CCC(c2ccc(CCc3ccc(OCC)c(F)c3F)cc2)C1. The van der Waals surface area contributed by atoms with Crippen LogP contribution in [0.25, 0.3) is 0 Å². The van der Waals surface area contributed by atoms with E-state index in [4.69, 9.17) is 4.74 Å². The van der Waals surface area contributed by atoms with Gasteiger partial charge in [-0.15, -0.1) is 0 Å². The summed E-state index contributed by atoms with van der Waals surface area (Å²) in [7, 11) is 0. The molecule has 2 unspecified atom stereocenters. The van der Waals surface area contributed by atoms with Crippen molar-refractivity contribution in [3.8, 4) is 5.75 Å². The Hall–Kier alpha value is -1.90. The molecule has 28 heavy (non-hydrogen) atoms. The van der Waals surface area contributed by atoms with Gasteiger partial charge in [-0.25, -0.2) is 4.39 Å². The number of aryl methyl sites for hydroxylation is 2. The van der Waals surface area contributed by atoms with Crippen LogP contribution in [0, 0.1) is 17.6 Å². The van der Waals surface area contributed by atoms with Crippen molar-refractivity contribution >= 4 is 0 Å². The van der Waals surface area contributed by atoms with Gasteiger partial charge in [-0.05, 0) is 73.6 Å². The first-order valence-electron chi connectivity index (χ1n) is 10.8. The average Bonchev–Trinajstić information content (AvgIpc) is 3.19. The summed E-state index contributed by atoms with van der Waals surface area (Å²) in [5.41, 5.74) is 3.00. The first kappa shape index (κ1) is 20.8. The van der Waals surface area contributed by atoms with E-state index in [-0.39, 0.29) is 5.75 Å². The second kappa shape index (κ2) is 10.0. The van der Waals surface area contributed by atoms with E-state index in [9.17, 15) is 8.78 Å². The lowest BCUT2D eigenvalue weighted by atomic mass is 9.93. The molecular weight excluding hydrogens is 354 g/mol. The van der Waals surface area contributed by atoms with Crippen molar-refractivity contribution in [2.24, 2.45) is 5.92 Å². The second-order valence-electron chi connectivity index (χ2n) is 8.04. The van der Waals surface area contributed by atoms with Crippen LogP contribution in [0.4, 0.5) is 8.78 Å². The molecule has 0 aromatic heterocycles. The van der Waals surface area contributed by atoms with Gasteiger partial charge in [-0.3, -0.25) is 0 Å². The lowest BCUT2D eigenvalue weighted by molar-refractivity contribution is 0.313. The maximum atomic E-state index is 14.2. The van der Waals surface area contributed by atoms with Crippen LogP contribution < -0.4 is 4.74 Å². The van der Waals surface area contributed by atoms with Crippen LogP contribution in [0.5, 0.6) is 5.75 Å². The minimum absolute atomic E-state index is 0.0121. The summed E-state index contributed by atoms with van der Waals surface area (Å²) in [4.78, 5) is 0. The zero-order valence-corrected chi connectivity index (χ0v) is 17.1. The van der Waals surface area contributed by atoms with Crippen molar-refractivity contribution in [1.82, 2.24) is 0 Å². The lowest BCUT2D eigenvalue weighted by Crippen LogP contribution is -2.02. The molecule has 2 aromatic carbocycles. The highest BCUT2D eigenvalue weighted by atomic mass is 19.2. The Morgan fingerprint density at radius 1 is 0.929 bits per heavy atom. The van der Waals surface area contributed by atoms with Crippen molar-refractivity contribution < 1.29 is 13.5 Å². The van der Waals surface area contributed by atoms with Gasteiger partial charge in [0.15, 0.2) is 11.6 Å². The summed E-state index contributed by atoms with van der Waals surface area (Å²) in [6, 6.07) is 11.9. The molecule has 0 radical (unpaired) electrons. The molecule has 3 heteroatoms. The smallest absolute Gasteiger partial charge is 0.200 e. The fourth-order valence-corrected chi connectivity index (χ4v) is 4.40. The normalized spacial score (nSPS) is 19.1. The van der Waals surface area contributed by atoms with Crippen LogP contribution >= 0.6 is 0 Å². The van der Waals surface area contributed by atoms with Crippen LogP contribution in [0.1, 0.15) is 75.0 Å². The first-order valence-corrected chi connectivity index (χ1v) is 10.8. The molecule has 1 nitrogen and oxygen atoms in total. The zero-order chi connectivity index (χ0) is 19.9. The maximum Gasteiger partial charge on any atom is 0.200 e. The van der Waals surface area contributed by atoms with Crippen LogP contribution in [0.2, 0.25) is 0 Å². The van der Waals surface area contributed by atoms with Crippen molar-refractivity contribution in [3.63, 3.8) is 0 Å². The summed E-state index contributed by atoms with van der Waals surface area (Å²) in [5, 5.41) is 0. The molecule has 1 fully saturated rings. The van der Waals surface area contributed by atoms with E-state index in [1.165, 1.54) is 50.2 Å². The minimum Gasteiger partial charge on any atom is -0.491 e. The molecule has 0 spiro atoms. The van der Waals surface area contributed by atoms with Crippen LogP contribution in [-0.4, -0.2) is 6.61 Å². The quantitative estimate of drug-likeness (QED) is 0.442.